The number of phenolic OH excluding ortho intramolecular Hbond substituents is 2. The summed E-state index contributed by atoms with van der Waals surface area (Å²) in [5.41, 5.74) is 1.67. The number of nitrogens with one attached hydrogen (secondary N) is 1. The summed E-state index contributed by atoms with van der Waals surface area (Å²) < 4.78 is 0. The molecule has 1 unspecified atom stereocenters. The van der Waals surface area contributed by atoms with E-state index in [0.29, 0.717) is 5.56 Å². The van der Waals surface area contributed by atoms with Crippen LogP contribution in [0.1, 0.15) is 18.5 Å². The minimum absolute atomic E-state index is 0.122. The Kier molecular flexibility index (Phi) is 3.40. The zero-order chi connectivity index (χ0) is 14.8. The summed E-state index contributed by atoms with van der Waals surface area (Å²) in [6, 6.07) is 18.7. The number of rotatable bonds is 3. The van der Waals surface area contributed by atoms with Crippen LogP contribution in [-0.4, -0.2) is 10.2 Å². The van der Waals surface area contributed by atoms with Gasteiger partial charge in [0.1, 0.15) is 11.5 Å². The van der Waals surface area contributed by atoms with Gasteiger partial charge in [0.05, 0.1) is 6.04 Å². The highest BCUT2D eigenvalue weighted by atomic mass is 16.3. The van der Waals surface area contributed by atoms with Gasteiger partial charge < -0.3 is 15.5 Å². The Balaban J connectivity index is 1.96. The summed E-state index contributed by atoms with van der Waals surface area (Å²) in [4.78, 5) is 0. The van der Waals surface area contributed by atoms with Crippen LogP contribution in [0.4, 0.5) is 5.69 Å². The fraction of sp³-hybridized carbons (Fsp3) is 0.111. The highest BCUT2D eigenvalue weighted by Gasteiger charge is 2.12. The molecule has 3 nitrogen and oxygen atoms in total. The van der Waals surface area contributed by atoms with Gasteiger partial charge in [-0.15, -0.1) is 0 Å². The third-order valence-electron chi connectivity index (χ3n) is 3.64. The first kappa shape index (κ1) is 13.3. The molecule has 0 aliphatic heterocycles. The van der Waals surface area contributed by atoms with E-state index in [1.165, 1.54) is 12.1 Å². The van der Waals surface area contributed by atoms with Gasteiger partial charge in [0.2, 0.25) is 0 Å². The van der Waals surface area contributed by atoms with Crippen LogP contribution in [0.2, 0.25) is 0 Å². The maximum absolute atomic E-state index is 9.95. The van der Waals surface area contributed by atoms with Gasteiger partial charge in [0.15, 0.2) is 0 Å². The van der Waals surface area contributed by atoms with Crippen molar-refractivity contribution in [2.24, 2.45) is 0 Å². The molecule has 3 heteroatoms. The average Bonchev–Trinajstić information content (AvgIpc) is 2.50. The van der Waals surface area contributed by atoms with E-state index in [2.05, 4.69) is 23.5 Å². The van der Waals surface area contributed by atoms with Gasteiger partial charge in [-0.25, -0.2) is 0 Å². The van der Waals surface area contributed by atoms with Crippen molar-refractivity contribution in [3.63, 3.8) is 0 Å². The van der Waals surface area contributed by atoms with Crippen LogP contribution in [0, 0.1) is 0 Å². The smallest absolute Gasteiger partial charge is 0.121 e. The first-order valence-electron chi connectivity index (χ1n) is 6.91. The topological polar surface area (TPSA) is 52.5 Å². The highest BCUT2D eigenvalue weighted by molar-refractivity contribution is 5.93. The SMILES string of the molecule is CC(Nc1cccc2ccccc12)c1cc(O)ccc1O. The van der Waals surface area contributed by atoms with Gasteiger partial charge in [0.25, 0.3) is 0 Å². The fourth-order valence-electron chi connectivity index (χ4n) is 2.55. The number of hydrogen-bond acceptors (Lipinski definition) is 3. The van der Waals surface area contributed by atoms with Crippen molar-refractivity contribution < 1.29 is 10.2 Å². The Morgan fingerprint density at radius 1 is 0.905 bits per heavy atom. The molecule has 1 atom stereocenters. The number of aromatic hydroxyl groups is 2. The van der Waals surface area contributed by atoms with Crippen molar-refractivity contribution in [2.45, 2.75) is 13.0 Å². The lowest BCUT2D eigenvalue weighted by Crippen LogP contribution is -2.07. The van der Waals surface area contributed by atoms with Crippen LogP contribution in [0.15, 0.2) is 60.7 Å². The van der Waals surface area contributed by atoms with Crippen LogP contribution in [-0.2, 0) is 0 Å². The molecule has 106 valence electrons. The zero-order valence-corrected chi connectivity index (χ0v) is 11.7. The average molecular weight is 279 g/mol. The summed E-state index contributed by atoms with van der Waals surface area (Å²) in [7, 11) is 0. The molecule has 3 N–H and O–H groups in total. The van der Waals surface area contributed by atoms with Gasteiger partial charge in [-0.2, -0.15) is 0 Å². The quantitative estimate of drug-likeness (QED) is 0.622. The minimum atomic E-state index is -0.122. The molecule has 3 aromatic rings. The van der Waals surface area contributed by atoms with Crippen LogP contribution >= 0.6 is 0 Å². The highest BCUT2D eigenvalue weighted by Crippen LogP contribution is 2.32. The Morgan fingerprint density at radius 3 is 2.52 bits per heavy atom. The van der Waals surface area contributed by atoms with Crippen LogP contribution in [0.25, 0.3) is 10.8 Å². The fourth-order valence-corrected chi connectivity index (χ4v) is 2.55. The standard InChI is InChI=1S/C18H17NO2/c1-12(16-11-14(20)9-10-18(16)21)19-17-8-4-6-13-5-2-3-7-15(13)17/h2-12,19-21H,1H3. The molecule has 3 rings (SSSR count). The van der Waals surface area contributed by atoms with E-state index in [1.807, 2.05) is 31.2 Å². The third kappa shape index (κ3) is 2.63. The molecular formula is C18H17NO2. The first-order chi connectivity index (χ1) is 10.1. The van der Waals surface area contributed by atoms with E-state index in [9.17, 15) is 10.2 Å². The van der Waals surface area contributed by atoms with Crippen molar-refractivity contribution in [1.82, 2.24) is 0 Å². The molecule has 0 radical (unpaired) electrons. The normalized spacial score (nSPS) is 12.2. The predicted octanol–water partition coefficient (Wildman–Crippen LogP) is 4.42. The van der Waals surface area contributed by atoms with E-state index in [4.69, 9.17) is 0 Å². The van der Waals surface area contributed by atoms with Crippen molar-refractivity contribution in [1.29, 1.82) is 0 Å². The van der Waals surface area contributed by atoms with Crippen LogP contribution < -0.4 is 5.32 Å². The van der Waals surface area contributed by atoms with Gasteiger partial charge in [-0.3, -0.25) is 0 Å². The predicted molar refractivity (Wildman–Crippen MR) is 85.8 cm³/mol. The monoisotopic (exact) mass is 279 g/mol. The molecule has 0 heterocycles. The second-order valence-electron chi connectivity index (χ2n) is 5.14. The molecular weight excluding hydrogens is 262 g/mol. The largest absolute Gasteiger partial charge is 0.508 e. The summed E-state index contributed by atoms with van der Waals surface area (Å²) in [5, 5.41) is 25.2. The molecule has 0 aliphatic carbocycles. The molecule has 0 spiro atoms. The Hall–Kier alpha value is -2.68. The Morgan fingerprint density at radius 2 is 1.67 bits per heavy atom. The summed E-state index contributed by atoms with van der Waals surface area (Å²) >= 11 is 0. The lowest BCUT2D eigenvalue weighted by molar-refractivity contribution is 0.451. The molecule has 3 aromatic carbocycles. The van der Waals surface area contributed by atoms with Gasteiger partial charge in [0, 0.05) is 16.6 Å². The van der Waals surface area contributed by atoms with Gasteiger partial charge in [-0.05, 0) is 36.6 Å². The third-order valence-corrected chi connectivity index (χ3v) is 3.64. The minimum Gasteiger partial charge on any atom is -0.508 e. The lowest BCUT2D eigenvalue weighted by Gasteiger charge is -2.18. The van der Waals surface area contributed by atoms with E-state index >= 15 is 0 Å². The maximum Gasteiger partial charge on any atom is 0.121 e. The summed E-state index contributed by atoms with van der Waals surface area (Å²) in [6.45, 7) is 1.95. The summed E-state index contributed by atoms with van der Waals surface area (Å²) in [5.74, 6) is 0.322. The lowest BCUT2D eigenvalue weighted by atomic mass is 10.0. The molecule has 0 bridgehead atoms. The molecule has 21 heavy (non-hydrogen) atoms. The van der Waals surface area contributed by atoms with Crippen LogP contribution in [0.3, 0.4) is 0 Å². The molecule has 0 saturated carbocycles. The molecule has 0 aliphatic rings. The number of benzene rings is 3. The summed E-state index contributed by atoms with van der Waals surface area (Å²) in [6.07, 6.45) is 0. The molecule has 0 fully saturated rings. The number of fused-ring (bicyclic) bond motifs is 1. The van der Waals surface area contributed by atoms with Gasteiger partial charge in [-0.1, -0.05) is 36.4 Å². The maximum atomic E-state index is 9.95. The Labute approximate surface area is 123 Å². The van der Waals surface area contributed by atoms with E-state index < -0.39 is 0 Å². The van der Waals surface area contributed by atoms with E-state index in [0.717, 1.165) is 16.5 Å². The number of anilines is 1. The van der Waals surface area contributed by atoms with Crippen molar-refractivity contribution in [3.05, 3.63) is 66.2 Å². The van der Waals surface area contributed by atoms with Crippen LogP contribution in [0.5, 0.6) is 11.5 Å². The molecule has 0 aromatic heterocycles. The second kappa shape index (κ2) is 5.37. The Bertz CT molecular complexity index is 778. The van der Waals surface area contributed by atoms with E-state index in [1.54, 1.807) is 6.07 Å². The van der Waals surface area contributed by atoms with Crippen molar-refractivity contribution >= 4 is 16.5 Å². The second-order valence-corrected chi connectivity index (χ2v) is 5.14. The molecule has 0 amide bonds. The van der Waals surface area contributed by atoms with Crippen molar-refractivity contribution in [2.75, 3.05) is 5.32 Å². The van der Waals surface area contributed by atoms with E-state index in [-0.39, 0.29) is 17.5 Å². The van der Waals surface area contributed by atoms with Gasteiger partial charge >= 0.3 is 0 Å². The number of hydrogen-bond donors (Lipinski definition) is 3. The first-order valence-corrected chi connectivity index (χ1v) is 6.91. The molecule has 0 saturated heterocycles. The number of phenols is 2. The zero-order valence-electron chi connectivity index (χ0n) is 11.7. The van der Waals surface area contributed by atoms with Crippen molar-refractivity contribution in [3.8, 4) is 11.5 Å².